The number of sulfonamides is 1. The van der Waals surface area contributed by atoms with Crippen LogP contribution in [0.2, 0.25) is 0 Å². The van der Waals surface area contributed by atoms with Crippen LogP contribution >= 0.6 is 11.8 Å². The second-order valence-corrected chi connectivity index (χ2v) is 11.7. The average molecular weight is 511 g/mol. The third-order valence-corrected chi connectivity index (χ3v) is 6.83. The van der Waals surface area contributed by atoms with Crippen LogP contribution in [-0.2, 0) is 21.3 Å². The number of rotatable bonds is 9. The first-order chi connectivity index (χ1) is 15.7. The molecule has 0 saturated heterocycles. The molecule has 10 heteroatoms. The molecule has 2 aromatic carbocycles. The number of aryl methyl sites for hydroxylation is 1. The molecule has 1 amide bonds. The van der Waals surface area contributed by atoms with Gasteiger partial charge in [0.05, 0.1) is 31.6 Å². The van der Waals surface area contributed by atoms with Gasteiger partial charge in [-0.05, 0) is 75.9 Å². The lowest BCUT2D eigenvalue weighted by molar-refractivity contribution is 0.0284. The third kappa shape index (κ3) is 7.82. The van der Waals surface area contributed by atoms with Gasteiger partial charge < -0.3 is 19.5 Å². The summed E-state index contributed by atoms with van der Waals surface area (Å²) in [4.78, 5) is 15.1. The Hall–Kier alpha value is -2.43. The molecule has 0 saturated carbocycles. The van der Waals surface area contributed by atoms with Crippen LogP contribution in [0.5, 0.6) is 11.5 Å². The Balaban J connectivity index is 2.47. The standard InChI is InChI=1S/C24H34N2O6S2/c1-17-14-20(9-11-22(17)33-6)31-21-10-8-19(26(12-13-27)34(7,29)30)15-18(21)16-25(5)23(28)32-24(2,3)4/h8-11,14-15,27H,12-13,16H2,1-7H3. The van der Waals surface area contributed by atoms with Crippen molar-refractivity contribution in [2.45, 2.75) is 44.7 Å². The lowest BCUT2D eigenvalue weighted by atomic mass is 10.1. The van der Waals surface area contributed by atoms with Crippen molar-refractivity contribution in [1.29, 1.82) is 0 Å². The second-order valence-electron chi connectivity index (χ2n) is 8.92. The number of nitrogens with zero attached hydrogens (tertiary/aromatic N) is 2. The Kier molecular flexibility index (Phi) is 9.27. The molecule has 0 fully saturated rings. The van der Waals surface area contributed by atoms with E-state index in [0.717, 1.165) is 21.0 Å². The number of anilines is 1. The average Bonchev–Trinajstić information content (AvgIpc) is 2.71. The fourth-order valence-corrected chi connectivity index (χ4v) is 4.72. The smallest absolute Gasteiger partial charge is 0.410 e. The van der Waals surface area contributed by atoms with Crippen molar-refractivity contribution in [3.8, 4) is 11.5 Å². The number of carbonyl (C=O) groups is 1. The summed E-state index contributed by atoms with van der Waals surface area (Å²) < 4.78 is 37.3. The van der Waals surface area contributed by atoms with Gasteiger partial charge in [0.1, 0.15) is 17.1 Å². The second kappa shape index (κ2) is 11.3. The Morgan fingerprint density at radius 3 is 2.35 bits per heavy atom. The van der Waals surface area contributed by atoms with E-state index in [4.69, 9.17) is 9.47 Å². The van der Waals surface area contributed by atoms with Gasteiger partial charge >= 0.3 is 6.09 Å². The molecule has 0 radical (unpaired) electrons. The van der Waals surface area contributed by atoms with E-state index in [1.54, 1.807) is 57.8 Å². The number of aliphatic hydroxyl groups is 1. The summed E-state index contributed by atoms with van der Waals surface area (Å²) in [6.45, 7) is 7.05. The van der Waals surface area contributed by atoms with Gasteiger partial charge in [0.15, 0.2) is 0 Å². The highest BCUT2D eigenvalue weighted by molar-refractivity contribution is 7.98. The topological polar surface area (TPSA) is 96.4 Å². The van der Waals surface area contributed by atoms with Crippen molar-refractivity contribution in [2.24, 2.45) is 0 Å². The normalized spacial score (nSPS) is 11.8. The maximum absolute atomic E-state index is 12.5. The predicted molar refractivity (Wildman–Crippen MR) is 136 cm³/mol. The number of benzene rings is 2. The number of aliphatic hydroxyl groups excluding tert-OH is 1. The summed E-state index contributed by atoms with van der Waals surface area (Å²) in [6, 6.07) is 10.7. The molecular weight excluding hydrogens is 476 g/mol. The quantitative estimate of drug-likeness (QED) is 0.491. The molecule has 0 atom stereocenters. The Labute approximate surface area is 206 Å². The van der Waals surface area contributed by atoms with Crippen LogP contribution in [0.15, 0.2) is 41.3 Å². The first kappa shape index (κ1) is 27.8. The summed E-state index contributed by atoms with van der Waals surface area (Å²) >= 11 is 1.65. The summed E-state index contributed by atoms with van der Waals surface area (Å²) in [5.74, 6) is 1.10. The van der Waals surface area contributed by atoms with Gasteiger partial charge in [-0.25, -0.2) is 13.2 Å². The van der Waals surface area contributed by atoms with Crippen LogP contribution in [0.3, 0.4) is 0 Å². The third-order valence-electron chi connectivity index (χ3n) is 4.74. The number of hydrogen-bond donors (Lipinski definition) is 1. The van der Waals surface area contributed by atoms with E-state index < -0.39 is 21.7 Å². The van der Waals surface area contributed by atoms with Crippen molar-refractivity contribution in [2.75, 3.05) is 37.0 Å². The minimum atomic E-state index is -3.63. The van der Waals surface area contributed by atoms with Crippen molar-refractivity contribution >= 4 is 33.6 Å². The van der Waals surface area contributed by atoms with Gasteiger partial charge in [0.2, 0.25) is 10.0 Å². The van der Waals surface area contributed by atoms with Crippen molar-refractivity contribution in [3.05, 3.63) is 47.5 Å². The lowest BCUT2D eigenvalue weighted by Gasteiger charge is -2.26. The summed E-state index contributed by atoms with van der Waals surface area (Å²) in [5.41, 5.74) is 1.37. The first-order valence-corrected chi connectivity index (χ1v) is 13.8. The molecule has 0 bridgehead atoms. The van der Waals surface area contributed by atoms with Crippen LogP contribution in [0, 0.1) is 6.92 Å². The molecule has 0 spiro atoms. The van der Waals surface area contributed by atoms with E-state index >= 15 is 0 Å². The minimum absolute atomic E-state index is 0.0876. The maximum Gasteiger partial charge on any atom is 0.410 e. The van der Waals surface area contributed by atoms with Gasteiger partial charge in [-0.15, -0.1) is 11.8 Å². The molecule has 0 unspecified atom stereocenters. The van der Waals surface area contributed by atoms with E-state index in [1.807, 2.05) is 31.4 Å². The summed E-state index contributed by atoms with van der Waals surface area (Å²) in [7, 11) is -2.02. The Bertz CT molecular complexity index is 1110. The zero-order chi connectivity index (χ0) is 25.7. The fourth-order valence-electron chi connectivity index (χ4n) is 3.22. The zero-order valence-electron chi connectivity index (χ0n) is 20.8. The van der Waals surface area contributed by atoms with E-state index in [9.17, 15) is 18.3 Å². The molecular formula is C24H34N2O6S2. The van der Waals surface area contributed by atoms with Crippen molar-refractivity contribution in [1.82, 2.24) is 4.90 Å². The van der Waals surface area contributed by atoms with Crippen molar-refractivity contribution < 1.29 is 27.8 Å². The molecule has 8 nitrogen and oxygen atoms in total. The minimum Gasteiger partial charge on any atom is -0.457 e. The van der Waals surface area contributed by atoms with Gasteiger partial charge in [0.25, 0.3) is 0 Å². The highest BCUT2D eigenvalue weighted by Crippen LogP contribution is 2.33. The highest BCUT2D eigenvalue weighted by atomic mass is 32.2. The van der Waals surface area contributed by atoms with Crippen LogP contribution in [-0.4, -0.2) is 62.8 Å². The van der Waals surface area contributed by atoms with Crippen molar-refractivity contribution in [3.63, 3.8) is 0 Å². The predicted octanol–water partition coefficient (Wildman–Crippen LogP) is 4.63. The summed E-state index contributed by atoms with van der Waals surface area (Å²) in [6.07, 6.45) is 2.57. The van der Waals surface area contributed by atoms with E-state index in [0.29, 0.717) is 22.7 Å². The highest BCUT2D eigenvalue weighted by Gasteiger charge is 2.23. The number of thioether (sulfide) groups is 1. The number of ether oxygens (including phenoxy) is 2. The van der Waals surface area contributed by atoms with Gasteiger partial charge in [-0.3, -0.25) is 4.31 Å². The number of hydrogen-bond acceptors (Lipinski definition) is 7. The molecule has 0 aliphatic rings. The zero-order valence-corrected chi connectivity index (χ0v) is 22.4. The Morgan fingerprint density at radius 1 is 1.15 bits per heavy atom. The van der Waals surface area contributed by atoms with Crippen LogP contribution in [0.25, 0.3) is 0 Å². The fraction of sp³-hybridized carbons (Fsp3) is 0.458. The molecule has 2 aromatic rings. The molecule has 2 rings (SSSR count). The molecule has 0 aliphatic carbocycles. The SMILES string of the molecule is CSc1ccc(Oc2ccc(N(CCO)S(C)(=O)=O)cc2CN(C)C(=O)OC(C)(C)C)cc1C. The lowest BCUT2D eigenvalue weighted by Crippen LogP contribution is -2.34. The largest absolute Gasteiger partial charge is 0.457 e. The summed E-state index contributed by atoms with van der Waals surface area (Å²) in [5, 5.41) is 9.37. The molecule has 0 aliphatic heterocycles. The molecule has 34 heavy (non-hydrogen) atoms. The molecule has 0 aromatic heterocycles. The van der Waals surface area contributed by atoms with Crippen LogP contribution < -0.4 is 9.04 Å². The molecule has 0 heterocycles. The Morgan fingerprint density at radius 2 is 1.82 bits per heavy atom. The van der Waals surface area contributed by atoms with Gasteiger partial charge in [-0.2, -0.15) is 0 Å². The van der Waals surface area contributed by atoms with E-state index in [-0.39, 0.29) is 19.7 Å². The van der Waals surface area contributed by atoms with Gasteiger partial charge in [-0.1, -0.05) is 0 Å². The van der Waals surface area contributed by atoms with E-state index in [1.165, 1.54) is 4.90 Å². The monoisotopic (exact) mass is 510 g/mol. The van der Waals surface area contributed by atoms with Gasteiger partial charge in [0, 0.05) is 17.5 Å². The number of amides is 1. The first-order valence-electron chi connectivity index (χ1n) is 10.7. The molecule has 188 valence electrons. The number of carbonyl (C=O) groups excluding carboxylic acids is 1. The van der Waals surface area contributed by atoms with Crippen LogP contribution in [0.1, 0.15) is 31.9 Å². The van der Waals surface area contributed by atoms with Crippen LogP contribution in [0.4, 0.5) is 10.5 Å². The maximum atomic E-state index is 12.5. The molecule has 1 N–H and O–H groups in total. The van der Waals surface area contributed by atoms with E-state index in [2.05, 4.69) is 0 Å².